The lowest BCUT2D eigenvalue weighted by Crippen LogP contribution is -2.17. The van der Waals surface area contributed by atoms with Gasteiger partial charge in [-0.2, -0.15) is 0 Å². The summed E-state index contributed by atoms with van der Waals surface area (Å²) in [7, 11) is -3.91. The highest BCUT2D eigenvalue weighted by atomic mass is 32.2. The average molecular weight is 295 g/mol. The third-order valence-electron chi connectivity index (χ3n) is 2.70. The van der Waals surface area contributed by atoms with Crippen molar-refractivity contribution in [3.8, 4) is 0 Å². The molecule has 0 atom stereocenters. The molecule has 0 saturated heterocycles. The molecule has 1 heterocycles. The molecule has 3 N–H and O–H groups in total. The quantitative estimate of drug-likeness (QED) is 0.900. The number of hydrogen-bond acceptors (Lipinski definition) is 4. The maximum absolute atomic E-state index is 13.6. The highest BCUT2D eigenvalue weighted by molar-refractivity contribution is 7.92. The van der Waals surface area contributed by atoms with Gasteiger partial charge >= 0.3 is 0 Å². The Bertz CT molecular complexity index is 732. The number of aromatic nitrogens is 1. The van der Waals surface area contributed by atoms with Gasteiger partial charge in [-0.05, 0) is 30.7 Å². The summed E-state index contributed by atoms with van der Waals surface area (Å²) in [5.74, 6) is -0.641. The van der Waals surface area contributed by atoms with Crippen LogP contribution in [0.4, 0.5) is 10.1 Å². The van der Waals surface area contributed by atoms with Crippen molar-refractivity contribution >= 4 is 15.7 Å². The van der Waals surface area contributed by atoms with Crippen molar-refractivity contribution in [2.45, 2.75) is 18.4 Å². The SMILES string of the molecule is Cc1cncc(NS(=O)(=O)c2cccc(F)c2CN)c1. The molecule has 0 radical (unpaired) electrons. The third-order valence-corrected chi connectivity index (χ3v) is 4.16. The summed E-state index contributed by atoms with van der Waals surface area (Å²) in [5.41, 5.74) is 6.51. The van der Waals surface area contributed by atoms with Crippen molar-refractivity contribution in [2.24, 2.45) is 5.73 Å². The standard InChI is InChI=1S/C13H14FN3O2S/c1-9-5-10(8-16-7-9)17-20(18,19)13-4-2-3-12(14)11(13)6-15/h2-5,7-8,17H,6,15H2,1H3. The number of benzene rings is 1. The molecule has 0 unspecified atom stereocenters. The number of halogens is 1. The van der Waals surface area contributed by atoms with E-state index in [2.05, 4.69) is 9.71 Å². The molecule has 0 saturated carbocycles. The Morgan fingerprint density at radius 2 is 2.10 bits per heavy atom. The summed E-state index contributed by atoms with van der Waals surface area (Å²) < 4.78 is 40.5. The van der Waals surface area contributed by atoms with E-state index in [0.29, 0.717) is 5.69 Å². The van der Waals surface area contributed by atoms with Crippen molar-refractivity contribution in [2.75, 3.05) is 4.72 Å². The lowest BCUT2D eigenvalue weighted by Gasteiger charge is -2.12. The Morgan fingerprint density at radius 3 is 2.75 bits per heavy atom. The van der Waals surface area contributed by atoms with Crippen LogP contribution in [0.1, 0.15) is 11.1 Å². The highest BCUT2D eigenvalue weighted by Gasteiger charge is 2.20. The van der Waals surface area contributed by atoms with E-state index in [1.807, 2.05) is 0 Å². The van der Waals surface area contributed by atoms with Crippen molar-refractivity contribution in [3.63, 3.8) is 0 Å². The van der Waals surface area contributed by atoms with Gasteiger partial charge in [-0.25, -0.2) is 12.8 Å². The minimum Gasteiger partial charge on any atom is -0.326 e. The number of nitrogens with zero attached hydrogens (tertiary/aromatic N) is 1. The topological polar surface area (TPSA) is 85.1 Å². The molecule has 1 aromatic carbocycles. The van der Waals surface area contributed by atoms with Gasteiger partial charge in [-0.1, -0.05) is 6.07 Å². The fourth-order valence-electron chi connectivity index (χ4n) is 1.81. The van der Waals surface area contributed by atoms with E-state index in [-0.39, 0.29) is 17.0 Å². The normalized spacial score (nSPS) is 11.3. The Balaban J connectivity index is 2.43. The Morgan fingerprint density at radius 1 is 1.35 bits per heavy atom. The van der Waals surface area contributed by atoms with Crippen LogP contribution in [0.25, 0.3) is 0 Å². The fraction of sp³-hybridized carbons (Fsp3) is 0.154. The number of aryl methyl sites for hydroxylation is 1. The van der Waals surface area contributed by atoms with Crippen LogP contribution < -0.4 is 10.5 Å². The monoisotopic (exact) mass is 295 g/mol. The summed E-state index contributed by atoms with van der Waals surface area (Å²) >= 11 is 0. The molecule has 2 aromatic rings. The minimum absolute atomic E-state index is 0.0411. The zero-order valence-electron chi connectivity index (χ0n) is 10.8. The number of nitrogens with one attached hydrogen (secondary N) is 1. The average Bonchev–Trinajstić information content (AvgIpc) is 2.38. The van der Waals surface area contributed by atoms with Gasteiger partial charge in [0.05, 0.1) is 16.8 Å². The van der Waals surface area contributed by atoms with Crippen LogP contribution in [0.3, 0.4) is 0 Å². The summed E-state index contributed by atoms with van der Waals surface area (Å²) in [6.07, 6.45) is 2.98. The van der Waals surface area contributed by atoms with E-state index >= 15 is 0 Å². The van der Waals surface area contributed by atoms with E-state index in [0.717, 1.165) is 5.56 Å². The zero-order valence-corrected chi connectivity index (χ0v) is 11.6. The number of rotatable bonds is 4. The molecule has 0 aliphatic heterocycles. The molecule has 0 spiro atoms. The number of pyridine rings is 1. The van der Waals surface area contributed by atoms with E-state index < -0.39 is 15.8 Å². The van der Waals surface area contributed by atoms with Crippen LogP contribution in [-0.2, 0) is 16.6 Å². The molecule has 0 aliphatic rings. The maximum atomic E-state index is 13.6. The third kappa shape index (κ3) is 2.94. The molecule has 7 heteroatoms. The van der Waals surface area contributed by atoms with Crippen molar-refractivity contribution in [1.29, 1.82) is 0 Å². The largest absolute Gasteiger partial charge is 0.326 e. The first kappa shape index (κ1) is 14.4. The predicted molar refractivity (Wildman–Crippen MR) is 74.1 cm³/mol. The molecule has 106 valence electrons. The maximum Gasteiger partial charge on any atom is 0.262 e. The molecule has 20 heavy (non-hydrogen) atoms. The second-order valence-electron chi connectivity index (χ2n) is 4.28. The summed E-state index contributed by atoms with van der Waals surface area (Å²) in [6.45, 7) is 1.59. The van der Waals surface area contributed by atoms with E-state index in [9.17, 15) is 12.8 Å². The van der Waals surface area contributed by atoms with E-state index in [4.69, 9.17) is 5.73 Å². The summed E-state index contributed by atoms with van der Waals surface area (Å²) in [5, 5.41) is 0. The lowest BCUT2D eigenvalue weighted by molar-refractivity contribution is 0.585. The Kier molecular flexibility index (Phi) is 4.01. The first-order chi connectivity index (χ1) is 9.44. The minimum atomic E-state index is -3.91. The predicted octanol–water partition coefficient (Wildman–Crippen LogP) is 1.79. The fourth-order valence-corrected chi connectivity index (χ4v) is 3.10. The van der Waals surface area contributed by atoms with Gasteiger partial charge in [0.2, 0.25) is 0 Å². The molecule has 0 amide bonds. The first-order valence-corrected chi connectivity index (χ1v) is 7.34. The second-order valence-corrected chi connectivity index (χ2v) is 5.93. The number of nitrogens with two attached hydrogens (primary N) is 1. The summed E-state index contributed by atoms with van der Waals surface area (Å²) in [6, 6.07) is 5.45. The smallest absolute Gasteiger partial charge is 0.262 e. The Hall–Kier alpha value is -1.99. The second kappa shape index (κ2) is 5.56. The molecule has 1 aromatic heterocycles. The molecular formula is C13H14FN3O2S. The van der Waals surface area contributed by atoms with Gasteiger partial charge in [0.15, 0.2) is 0 Å². The molecule has 0 aliphatic carbocycles. The zero-order chi connectivity index (χ0) is 14.8. The van der Waals surface area contributed by atoms with Crippen molar-refractivity contribution < 1.29 is 12.8 Å². The van der Waals surface area contributed by atoms with Crippen molar-refractivity contribution in [1.82, 2.24) is 4.98 Å². The van der Waals surface area contributed by atoms with E-state index in [1.54, 1.807) is 19.2 Å². The van der Waals surface area contributed by atoms with E-state index in [1.165, 1.54) is 24.4 Å². The molecule has 0 fully saturated rings. The number of anilines is 1. The molecule has 0 bridgehead atoms. The lowest BCUT2D eigenvalue weighted by atomic mass is 10.2. The Labute approximate surface area is 116 Å². The van der Waals surface area contributed by atoms with Crippen LogP contribution in [-0.4, -0.2) is 13.4 Å². The van der Waals surface area contributed by atoms with Gasteiger partial charge in [0, 0.05) is 18.3 Å². The van der Waals surface area contributed by atoms with Gasteiger partial charge in [0.25, 0.3) is 10.0 Å². The van der Waals surface area contributed by atoms with Crippen LogP contribution in [0.5, 0.6) is 0 Å². The molecular weight excluding hydrogens is 281 g/mol. The van der Waals surface area contributed by atoms with Crippen LogP contribution in [0.2, 0.25) is 0 Å². The van der Waals surface area contributed by atoms with Crippen molar-refractivity contribution in [3.05, 3.63) is 53.6 Å². The molecule has 5 nitrogen and oxygen atoms in total. The molecule has 2 rings (SSSR count). The number of sulfonamides is 1. The van der Waals surface area contributed by atoms with Gasteiger partial charge < -0.3 is 5.73 Å². The van der Waals surface area contributed by atoms with Gasteiger partial charge in [-0.3, -0.25) is 9.71 Å². The van der Waals surface area contributed by atoms with Crippen LogP contribution in [0.15, 0.2) is 41.6 Å². The van der Waals surface area contributed by atoms with Gasteiger partial charge in [-0.15, -0.1) is 0 Å². The first-order valence-electron chi connectivity index (χ1n) is 5.86. The summed E-state index contributed by atoms with van der Waals surface area (Å²) in [4.78, 5) is 3.73. The van der Waals surface area contributed by atoms with Gasteiger partial charge in [0.1, 0.15) is 5.82 Å². The van der Waals surface area contributed by atoms with Crippen LogP contribution >= 0.6 is 0 Å². The highest BCUT2D eigenvalue weighted by Crippen LogP contribution is 2.21. The van der Waals surface area contributed by atoms with Crippen LogP contribution in [0, 0.1) is 12.7 Å². The number of hydrogen-bond donors (Lipinski definition) is 2.